The van der Waals surface area contributed by atoms with Crippen molar-refractivity contribution in [1.82, 2.24) is 0 Å². The lowest BCUT2D eigenvalue weighted by atomic mass is 9.92. The van der Waals surface area contributed by atoms with Gasteiger partial charge in [0.2, 0.25) is 0 Å². The van der Waals surface area contributed by atoms with Crippen LogP contribution in [0.2, 0.25) is 0 Å². The van der Waals surface area contributed by atoms with Crippen LogP contribution in [0.15, 0.2) is 0 Å². The predicted octanol–water partition coefficient (Wildman–Crippen LogP) is 3.91. The lowest BCUT2D eigenvalue weighted by molar-refractivity contribution is -0.166. The Morgan fingerprint density at radius 3 is 2.17 bits per heavy atom. The second-order valence-electron chi connectivity index (χ2n) is 6.87. The number of esters is 2. The summed E-state index contributed by atoms with van der Waals surface area (Å²) in [5.74, 6) is -0.562. The Balaban J connectivity index is 2.07. The summed E-state index contributed by atoms with van der Waals surface area (Å²) in [5.41, 5.74) is 0. The minimum absolute atomic E-state index is 0.226. The third-order valence-corrected chi connectivity index (χ3v) is 4.56. The van der Waals surface area contributed by atoms with Crippen LogP contribution in [0.1, 0.15) is 90.9 Å². The van der Waals surface area contributed by atoms with Gasteiger partial charge in [0.1, 0.15) is 12.2 Å². The fraction of sp³-hybridized carbons (Fsp3) is 0.895. The zero-order valence-electron chi connectivity index (χ0n) is 15.3. The summed E-state index contributed by atoms with van der Waals surface area (Å²) in [4.78, 5) is 22.8. The van der Waals surface area contributed by atoms with Gasteiger partial charge >= 0.3 is 11.9 Å². The summed E-state index contributed by atoms with van der Waals surface area (Å²) < 4.78 is 10.5. The molecule has 0 bridgehead atoms. The molecule has 0 aromatic carbocycles. The maximum absolute atomic E-state index is 11.9. The smallest absolute Gasteiger partial charge is 0.306 e. The van der Waals surface area contributed by atoms with Crippen LogP contribution in [-0.4, -0.2) is 35.4 Å². The number of hydrogen-bond donors (Lipinski definition) is 1. The highest BCUT2D eigenvalue weighted by molar-refractivity contribution is 5.69. The van der Waals surface area contributed by atoms with E-state index in [0.29, 0.717) is 25.7 Å². The number of carbonyl (C=O) groups excluding carboxylic acids is 2. The second kappa shape index (κ2) is 12.3. The van der Waals surface area contributed by atoms with Crippen LogP contribution < -0.4 is 0 Å². The summed E-state index contributed by atoms with van der Waals surface area (Å²) in [7, 11) is 0. The van der Waals surface area contributed by atoms with Crippen LogP contribution in [0, 0.1) is 0 Å². The van der Waals surface area contributed by atoms with Crippen molar-refractivity contribution in [3.63, 3.8) is 0 Å². The third-order valence-electron chi connectivity index (χ3n) is 4.56. The molecule has 1 fully saturated rings. The van der Waals surface area contributed by atoms with E-state index in [9.17, 15) is 14.7 Å². The fourth-order valence-electron chi connectivity index (χ4n) is 3.19. The highest BCUT2D eigenvalue weighted by Crippen LogP contribution is 2.25. The molecule has 0 amide bonds. The molecule has 0 spiro atoms. The molecule has 1 N–H and O–H groups in total. The van der Waals surface area contributed by atoms with Crippen LogP contribution in [0.25, 0.3) is 0 Å². The molecule has 1 aliphatic rings. The van der Waals surface area contributed by atoms with Crippen molar-refractivity contribution in [2.24, 2.45) is 0 Å². The normalized spacial score (nSPS) is 23.7. The molecule has 0 heterocycles. The summed E-state index contributed by atoms with van der Waals surface area (Å²) >= 11 is 0. The van der Waals surface area contributed by atoms with Crippen molar-refractivity contribution in [1.29, 1.82) is 0 Å². The number of ether oxygens (including phenoxy) is 2. The lowest BCUT2D eigenvalue weighted by Gasteiger charge is -2.32. The topological polar surface area (TPSA) is 72.8 Å². The second-order valence-corrected chi connectivity index (χ2v) is 6.87. The van der Waals surface area contributed by atoms with Crippen molar-refractivity contribution in [3.8, 4) is 0 Å². The molecule has 3 unspecified atom stereocenters. The molecule has 0 aromatic rings. The molecule has 1 saturated carbocycles. The molecule has 140 valence electrons. The monoisotopic (exact) mass is 342 g/mol. The zero-order chi connectivity index (χ0) is 17.8. The molecular formula is C19H34O5. The Hall–Kier alpha value is -1.10. The van der Waals surface area contributed by atoms with E-state index in [-0.39, 0.29) is 18.0 Å². The number of aliphatic hydroxyl groups excluding tert-OH is 1. The van der Waals surface area contributed by atoms with E-state index in [1.807, 2.05) is 0 Å². The van der Waals surface area contributed by atoms with E-state index in [1.54, 1.807) is 0 Å². The Morgan fingerprint density at radius 2 is 1.58 bits per heavy atom. The average Bonchev–Trinajstić information content (AvgIpc) is 2.52. The van der Waals surface area contributed by atoms with Crippen molar-refractivity contribution < 1.29 is 24.2 Å². The molecule has 1 aliphatic carbocycles. The van der Waals surface area contributed by atoms with Crippen LogP contribution in [0.5, 0.6) is 0 Å². The molecule has 0 aromatic heterocycles. The van der Waals surface area contributed by atoms with E-state index < -0.39 is 12.2 Å². The van der Waals surface area contributed by atoms with Crippen molar-refractivity contribution in [2.45, 2.75) is 109 Å². The zero-order valence-corrected chi connectivity index (χ0v) is 15.3. The van der Waals surface area contributed by atoms with Gasteiger partial charge in [-0.15, -0.1) is 0 Å². The molecule has 0 radical (unpaired) electrons. The van der Waals surface area contributed by atoms with Crippen molar-refractivity contribution in [3.05, 3.63) is 0 Å². The number of aliphatic hydroxyl groups is 1. The van der Waals surface area contributed by atoms with Gasteiger partial charge in [0.15, 0.2) is 0 Å². The molecule has 0 aliphatic heterocycles. The molecule has 0 saturated heterocycles. The van der Waals surface area contributed by atoms with E-state index in [4.69, 9.17) is 9.47 Å². The maximum atomic E-state index is 11.9. The van der Waals surface area contributed by atoms with Gasteiger partial charge < -0.3 is 14.6 Å². The Labute approximate surface area is 146 Å². The summed E-state index contributed by atoms with van der Waals surface area (Å²) in [6.45, 7) is 3.58. The molecular weight excluding hydrogens is 308 g/mol. The van der Waals surface area contributed by atoms with E-state index in [2.05, 4.69) is 6.92 Å². The third kappa shape index (κ3) is 9.26. The van der Waals surface area contributed by atoms with Gasteiger partial charge in [-0.1, -0.05) is 51.9 Å². The van der Waals surface area contributed by atoms with Gasteiger partial charge in [0.05, 0.1) is 6.10 Å². The highest BCUT2D eigenvalue weighted by Gasteiger charge is 2.33. The van der Waals surface area contributed by atoms with Crippen molar-refractivity contribution >= 4 is 11.9 Å². The molecule has 24 heavy (non-hydrogen) atoms. The molecule has 5 heteroatoms. The molecule has 5 nitrogen and oxygen atoms in total. The Kier molecular flexibility index (Phi) is 10.7. The first-order chi connectivity index (χ1) is 11.5. The SMILES string of the molecule is CCCCCCCCCCC(=O)OC1CCC(OC(C)=O)CC1O. The lowest BCUT2D eigenvalue weighted by Crippen LogP contribution is -2.40. The van der Waals surface area contributed by atoms with Crippen LogP contribution in [-0.2, 0) is 19.1 Å². The van der Waals surface area contributed by atoms with Crippen LogP contribution in [0.3, 0.4) is 0 Å². The summed E-state index contributed by atoms with van der Waals surface area (Å²) in [5, 5.41) is 10.0. The van der Waals surface area contributed by atoms with Crippen LogP contribution in [0.4, 0.5) is 0 Å². The first kappa shape index (κ1) is 20.9. The van der Waals surface area contributed by atoms with E-state index in [0.717, 1.165) is 12.8 Å². The van der Waals surface area contributed by atoms with E-state index in [1.165, 1.54) is 45.4 Å². The largest absolute Gasteiger partial charge is 0.462 e. The maximum Gasteiger partial charge on any atom is 0.306 e. The standard InChI is InChI=1S/C19H34O5/c1-3-4-5-6-7-8-9-10-11-19(22)24-18-13-12-16(14-17(18)21)23-15(2)20/h16-18,21H,3-14H2,1-2H3. The van der Waals surface area contributed by atoms with Crippen LogP contribution >= 0.6 is 0 Å². The van der Waals surface area contributed by atoms with Gasteiger partial charge in [0, 0.05) is 19.8 Å². The van der Waals surface area contributed by atoms with Gasteiger partial charge in [-0.2, -0.15) is 0 Å². The highest BCUT2D eigenvalue weighted by atomic mass is 16.6. The predicted molar refractivity (Wildman–Crippen MR) is 92.5 cm³/mol. The first-order valence-corrected chi connectivity index (χ1v) is 9.57. The molecule has 1 rings (SSSR count). The quantitative estimate of drug-likeness (QED) is 0.455. The number of unbranched alkanes of at least 4 members (excludes halogenated alkanes) is 7. The van der Waals surface area contributed by atoms with Gasteiger partial charge in [-0.05, 0) is 19.3 Å². The van der Waals surface area contributed by atoms with Gasteiger partial charge in [-0.3, -0.25) is 9.59 Å². The van der Waals surface area contributed by atoms with Gasteiger partial charge in [-0.25, -0.2) is 0 Å². The average molecular weight is 342 g/mol. The minimum atomic E-state index is -0.745. The minimum Gasteiger partial charge on any atom is -0.462 e. The summed E-state index contributed by atoms with van der Waals surface area (Å²) in [6.07, 6.45) is 9.98. The number of carbonyl (C=O) groups is 2. The first-order valence-electron chi connectivity index (χ1n) is 9.57. The Bertz CT molecular complexity index is 369. The number of hydrogen-bond acceptors (Lipinski definition) is 5. The molecule has 3 atom stereocenters. The Morgan fingerprint density at radius 1 is 0.958 bits per heavy atom. The number of rotatable bonds is 11. The van der Waals surface area contributed by atoms with E-state index >= 15 is 0 Å². The van der Waals surface area contributed by atoms with Gasteiger partial charge in [0.25, 0.3) is 0 Å². The fourth-order valence-corrected chi connectivity index (χ4v) is 3.19. The van der Waals surface area contributed by atoms with Crippen molar-refractivity contribution in [2.75, 3.05) is 0 Å². The summed E-state index contributed by atoms with van der Waals surface area (Å²) in [6, 6.07) is 0.